The molecule has 1 aromatic rings. The molecule has 0 bridgehead atoms. The second kappa shape index (κ2) is 2.84. The van der Waals surface area contributed by atoms with Crippen molar-refractivity contribution >= 4 is 12.3 Å². The van der Waals surface area contributed by atoms with Crippen LogP contribution in [0.5, 0.6) is 0 Å². The van der Waals surface area contributed by atoms with Crippen molar-refractivity contribution < 1.29 is 0 Å². The number of hydrogen-bond donors (Lipinski definition) is 0. The fraction of sp³-hybridized carbons (Fsp3) is 0.0833. The summed E-state index contributed by atoms with van der Waals surface area (Å²) in [5, 5.41) is 0. The Morgan fingerprint density at radius 3 is 3.07 bits per heavy atom. The van der Waals surface area contributed by atoms with Crippen LogP contribution in [0.15, 0.2) is 47.9 Å². The molecule has 2 heteroatoms. The second-order valence-corrected chi connectivity index (χ2v) is 3.43. The second-order valence-electron chi connectivity index (χ2n) is 3.43. The lowest BCUT2D eigenvalue weighted by atomic mass is 9.97. The summed E-state index contributed by atoms with van der Waals surface area (Å²) in [6.45, 7) is 0. The van der Waals surface area contributed by atoms with E-state index in [1.807, 2.05) is 18.6 Å². The molecule has 68 valence electrons. The minimum Gasteiger partial charge on any atom is -0.340 e. The van der Waals surface area contributed by atoms with E-state index in [-0.39, 0.29) is 6.04 Å². The molecule has 14 heavy (non-hydrogen) atoms. The average Bonchev–Trinajstić information content (AvgIpc) is 2.29. The molecule has 2 heterocycles. The maximum atomic E-state index is 4.18. The summed E-state index contributed by atoms with van der Waals surface area (Å²) in [5.74, 6) is 0. The number of benzene rings is 1. The Labute approximate surface area is 82.9 Å². The Hall–Kier alpha value is -1.83. The van der Waals surface area contributed by atoms with Gasteiger partial charge in [0.2, 0.25) is 0 Å². The van der Waals surface area contributed by atoms with Crippen molar-refractivity contribution in [2.45, 2.75) is 6.04 Å². The highest BCUT2D eigenvalue weighted by Crippen LogP contribution is 2.30. The van der Waals surface area contributed by atoms with Crippen LogP contribution in [0.4, 0.5) is 0 Å². The van der Waals surface area contributed by atoms with Crippen LogP contribution >= 0.6 is 0 Å². The SMILES string of the molecule is C1=CN2C=Cc3ccccc3C2C=N1. The Kier molecular flexibility index (Phi) is 1.53. The number of fused-ring (bicyclic) bond motifs is 3. The van der Waals surface area contributed by atoms with Crippen molar-refractivity contribution in [3.63, 3.8) is 0 Å². The molecule has 0 amide bonds. The van der Waals surface area contributed by atoms with Gasteiger partial charge in [-0.15, -0.1) is 0 Å². The zero-order chi connectivity index (χ0) is 9.38. The first-order valence-electron chi connectivity index (χ1n) is 4.70. The molecule has 3 rings (SSSR count). The number of rotatable bonds is 0. The van der Waals surface area contributed by atoms with E-state index in [0.29, 0.717) is 0 Å². The van der Waals surface area contributed by atoms with E-state index in [0.717, 1.165) is 0 Å². The van der Waals surface area contributed by atoms with E-state index >= 15 is 0 Å². The van der Waals surface area contributed by atoms with Crippen molar-refractivity contribution in [1.82, 2.24) is 4.90 Å². The molecule has 0 saturated carbocycles. The van der Waals surface area contributed by atoms with Crippen LogP contribution < -0.4 is 0 Å². The molecule has 2 aliphatic heterocycles. The van der Waals surface area contributed by atoms with Gasteiger partial charge in [0.1, 0.15) is 0 Å². The van der Waals surface area contributed by atoms with Crippen molar-refractivity contribution in [2.24, 2.45) is 4.99 Å². The smallest absolute Gasteiger partial charge is 0.0941 e. The molecule has 1 unspecified atom stereocenters. The van der Waals surface area contributed by atoms with Gasteiger partial charge < -0.3 is 4.90 Å². The summed E-state index contributed by atoms with van der Waals surface area (Å²) in [4.78, 5) is 6.34. The lowest BCUT2D eigenvalue weighted by Crippen LogP contribution is -2.24. The average molecular weight is 182 g/mol. The highest BCUT2D eigenvalue weighted by atomic mass is 15.1. The maximum absolute atomic E-state index is 4.18. The lowest BCUT2D eigenvalue weighted by molar-refractivity contribution is 0.457. The topological polar surface area (TPSA) is 15.6 Å². The van der Waals surface area contributed by atoms with Crippen molar-refractivity contribution in [1.29, 1.82) is 0 Å². The molecular formula is C12H10N2. The van der Waals surface area contributed by atoms with E-state index in [4.69, 9.17) is 0 Å². The van der Waals surface area contributed by atoms with Crippen molar-refractivity contribution in [2.75, 3.05) is 0 Å². The first kappa shape index (κ1) is 7.56. The monoisotopic (exact) mass is 182 g/mol. The van der Waals surface area contributed by atoms with Crippen LogP contribution in [-0.4, -0.2) is 11.1 Å². The van der Waals surface area contributed by atoms with Crippen LogP contribution in [-0.2, 0) is 0 Å². The third-order valence-corrected chi connectivity index (χ3v) is 2.61. The maximum Gasteiger partial charge on any atom is 0.0941 e. The molecule has 0 aromatic heterocycles. The first-order valence-corrected chi connectivity index (χ1v) is 4.70. The van der Waals surface area contributed by atoms with Crippen molar-refractivity contribution in [3.05, 3.63) is 54.0 Å². The highest BCUT2D eigenvalue weighted by Gasteiger charge is 2.20. The van der Waals surface area contributed by atoms with E-state index < -0.39 is 0 Å². The highest BCUT2D eigenvalue weighted by molar-refractivity contribution is 5.74. The summed E-state index contributed by atoms with van der Waals surface area (Å²) < 4.78 is 0. The van der Waals surface area contributed by atoms with E-state index in [2.05, 4.69) is 46.4 Å². The summed E-state index contributed by atoms with van der Waals surface area (Å²) in [6, 6.07) is 8.70. The first-order chi connectivity index (χ1) is 6.95. The normalized spacial score (nSPS) is 22.0. The van der Waals surface area contributed by atoms with Crippen LogP contribution in [0, 0.1) is 0 Å². The predicted octanol–water partition coefficient (Wildman–Crippen LogP) is 2.57. The van der Waals surface area contributed by atoms with Gasteiger partial charge in [0, 0.05) is 24.8 Å². The summed E-state index contributed by atoms with van der Waals surface area (Å²) >= 11 is 0. The van der Waals surface area contributed by atoms with E-state index in [1.165, 1.54) is 11.1 Å². The Balaban J connectivity index is 2.15. The zero-order valence-electron chi connectivity index (χ0n) is 7.67. The van der Waals surface area contributed by atoms with Gasteiger partial charge in [0.15, 0.2) is 0 Å². The molecule has 1 aromatic carbocycles. The lowest BCUT2D eigenvalue weighted by Gasteiger charge is -2.30. The van der Waals surface area contributed by atoms with Gasteiger partial charge in [-0.25, -0.2) is 0 Å². The predicted molar refractivity (Wildman–Crippen MR) is 57.7 cm³/mol. The van der Waals surface area contributed by atoms with Gasteiger partial charge in [-0.3, -0.25) is 4.99 Å². The Morgan fingerprint density at radius 2 is 2.07 bits per heavy atom. The quantitative estimate of drug-likeness (QED) is 0.602. The molecule has 0 N–H and O–H groups in total. The molecule has 0 radical (unpaired) electrons. The third kappa shape index (κ3) is 1.01. The molecular weight excluding hydrogens is 172 g/mol. The third-order valence-electron chi connectivity index (χ3n) is 2.61. The molecule has 0 aliphatic carbocycles. The van der Waals surface area contributed by atoms with Crippen LogP contribution in [0.1, 0.15) is 17.2 Å². The summed E-state index contributed by atoms with van der Waals surface area (Å²) in [5.41, 5.74) is 2.61. The summed E-state index contributed by atoms with van der Waals surface area (Å²) in [6.07, 6.45) is 10.0. The molecule has 2 nitrogen and oxygen atoms in total. The molecule has 2 aliphatic rings. The molecule has 0 saturated heterocycles. The minimum absolute atomic E-state index is 0.279. The minimum atomic E-state index is 0.279. The number of hydrogen-bond acceptors (Lipinski definition) is 2. The fourth-order valence-corrected chi connectivity index (χ4v) is 1.90. The van der Waals surface area contributed by atoms with Crippen LogP contribution in [0.3, 0.4) is 0 Å². The Morgan fingerprint density at radius 1 is 1.14 bits per heavy atom. The summed E-state index contributed by atoms with van der Waals surface area (Å²) in [7, 11) is 0. The van der Waals surface area contributed by atoms with Gasteiger partial charge in [-0.2, -0.15) is 0 Å². The molecule has 0 spiro atoms. The van der Waals surface area contributed by atoms with Gasteiger partial charge in [0.05, 0.1) is 6.04 Å². The van der Waals surface area contributed by atoms with Gasteiger partial charge in [-0.05, 0) is 17.2 Å². The largest absolute Gasteiger partial charge is 0.340 e. The van der Waals surface area contributed by atoms with Crippen LogP contribution in [0.2, 0.25) is 0 Å². The van der Waals surface area contributed by atoms with Crippen LogP contribution in [0.25, 0.3) is 6.08 Å². The zero-order valence-corrected chi connectivity index (χ0v) is 7.67. The van der Waals surface area contributed by atoms with Gasteiger partial charge in [0.25, 0.3) is 0 Å². The Bertz CT molecular complexity index is 443. The van der Waals surface area contributed by atoms with Gasteiger partial charge >= 0.3 is 0 Å². The molecule has 1 atom stereocenters. The van der Waals surface area contributed by atoms with Crippen molar-refractivity contribution in [3.8, 4) is 0 Å². The van der Waals surface area contributed by atoms with Gasteiger partial charge in [-0.1, -0.05) is 24.3 Å². The molecule has 0 fully saturated rings. The fourth-order valence-electron chi connectivity index (χ4n) is 1.90. The number of nitrogens with zero attached hydrogens (tertiary/aromatic N) is 2. The number of aliphatic imine (C=N–C) groups is 1. The van der Waals surface area contributed by atoms with E-state index in [1.54, 1.807) is 0 Å². The standard InChI is InChI=1S/C12H10N2/c1-2-4-11-10(3-1)5-7-14-8-6-13-9-12(11)14/h1-9,12H. The van der Waals surface area contributed by atoms with E-state index in [9.17, 15) is 0 Å².